The van der Waals surface area contributed by atoms with Crippen molar-refractivity contribution in [2.24, 2.45) is 0 Å². The topological polar surface area (TPSA) is 112 Å². The predicted octanol–water partition coefficient (Wildman–Crippen LogP) is 2.52. The molecule has 7 nitrogen and oxygen atoms in total. The maximum absolute atomic E-state index is 12.8. The molecule has 0 atom stereocenters. The fourth-order valence-electron chi connectivity index (χ4n) is 2.94. The van der Waals surface area contributed by atoms with Crippen LogP contribution in [0.1, 0.15) is 11.1 Å². The minimum absolute atomic E-state index is 0.0316. The van der Waals surface area contributed by atoms with Crippen LogP contribution in [0.2, 0.25) is 5.02 Å². The molecule has 2 aromatic heterocycles. The van der Waals surface area contributed by atoms with E-state index in [1.165, 1.54) is 6.07 Å². The van der Waals surface area contributed by atoms with Gasteiger partial charge in [-0.25, -0.2) is 4.68 Å². The van der Waals surface area contributed by atoms with Gasteiger partial charge in [0, 0.05) is 10.4 Å². The fourth-order valence-corrected chi connectivity index (χ4v) is 3.11. The fraction of sp³-hybridized carbons (Fsp3) is 0.0526. The second-order valence-corrected chi connectivity index (χ2v) is 6.43. The van der Waals surface area contributed by atoms with E-state index in [0.717, 1.165) is 4.68 Å². The van der Waals surface area contributed by atoms with Crippen molar-refractivity contribution >= 4 is 33.4 Å². The number of rotatable bonds is 2. The average molecular weight is 379 g/mol. The first-order valence-electron chi connectivity index (χ1n) is 7.92. The SMILES string of the molecule is N#Cc1ccc(Cn2nc(O)c3[nH]c4cc(Cl)ccc4c(=O)c3c2=O)cc1. The van der Waals surface area contributed by atoms with Gasteiger partial charge >= 0.3 is 0 Å². The number of aromatic nitrogens is 3. The third-order valence-corrected chi connectivity index (χ3v) is 4.50. The molecule has 0 aliphatic heterocycles. The maximum Gasteiger partial charge on any atom is 0.280 e. The summed E-state index contributed by atoms with van der Waals surface area (Å²) in [6.07, 6.45) is 0. The van der Waals surface area contributed by atoms with E-state index in [1.54, 1.807) is 36.4 Å². The van der Waals surface area contributed by atoms with Gasteiger partial charge in [0.2, 0.25) is 5.43 Å². The number of nitrogens with one attached hydrogen (secondary N) is 1. The lowest BCUT2D eigenvalue weighted by atomic mass is 10.1. The predicted molar refractivity (Wildman–Crippen MR) is 101 cm³/mol. The van der Waals surface area contributed by atoms with Gasteiger partial charge in [0.15, 0.2) is 0 Å². The highest BCUT2D eigenvalue weighted by Gasteiger charge is 2.16. The molecule has 0 aliphatic carbocycles. The standard InChI is InChI=1S/C19H11ClN4O3/c20-12-5-6-13-14(7-12)22-16-15(17(13)25)19(27)24(23-18(16)26)9-11-3-1-10(8-21)2-4-11/h1-7H,9H2,(H,22,25)(H,23,26). The Kier molecular flexibility index (Phi) is 3.90. The lowest BCUT2D eigenvalue weighted by Crippen LogP contribution is -2.28. The highest BCUT2D eigenvalue weighted by atomic mass is 35.5. The number of hydrogen-bond acceptors (Lipinski definition) is 5. The molecule has 0 saturated carbocycles. The van der Waals surface area contributed by atoms with Crippen molar-refractivity contribution in [2.75, 3.05) is 0 Å². The second kappa shape index (κ2) is 6.27. The molecule has 8 heteroatoms. The quantitative estimate of drug-likeness (QED) is 0.520. The summed E-state index contributed by atoms with van der Waals surface area (Å²) in [5.74, 6) is -0.461. The number of H-pyrrole nitrogens is 1. The largest absolute Gasteiger partial charge is 0.491 e. The first-order chi connectivity index (χ1) is 13.0. The number of pyridine rings is 1. The highest BCUT2D eigenvalue weighted by molar-refractivity contribution is 6.31. The van der Waals surface area contributed by atoms with Gasteiger partial charge in [0.25, 0.3) is 11.4 Å². The van der Waals surface area contributed by atoms with E-state index in [1.807, 2.05) is 6.07 Å². The molecule has 0 aliphatic rings. The Balaban J connectivity index is 1.94. The summed E-state index contributed by atoms with van der Waals surface area (Å²) in [5, 5.41) is 23.6. The van der Waals surface area contributed by atoms with Gasteiger partial charge in [-0.05, 0) is 35.9 Å². The molecule has 4 aromatic rings. The Morgan fingerprint density at radius 3 is 2.63 bits per heavy atom. The molecule has 0 amide bonds. The van der Waals surface area contributed by atoms with Gasteiger partial charge in [-0.3, -0.25) is 9.59 Å². The molecule has 0 bridgehead atoms. The molecular weight excluding hydrogens is 368 g/mol. The van der Waals surface area contributed by atoms with Crippen LogP contribution in [0.4, 0.5) is 0 Å². The zero-order valence-corrected chi connectivity index (χ0v) is 14.5. The first-order valence-corrected chi connectivity index (χ1v) is 8.30. The number of hydrogen-bond donors (Lipinski definition) is 2. The van der Waals surface area contributed by atoms with Crippen LogP contribution >= 0.6 is 11.6 Å². The molecule has 2 heterocycles. The van der Waals surface area contributed by atoms with Gasteiger partial charge in [-0.2, -0.15) is 5.26 Å². The van der Waals surface area contributed by atoms with Crippen LogP contribution < -0.4 is 11.0 Å². The van der Waals surface area contributed by atoms with E-state index in [2.05, 4.69) is 10.1 Å². The minimum atomic E-state index is -0.620. The number of benzene rings is 2. The number of aromatic amines is 1. The van der Waals surface area contributed by atoms with Crippen molar-refractivity contribution < 1.29 is 5.11 Å². The molecule has 0 radical (unpaired) electrons. The van der Waals surface area contributed by atoms with E-state index >= 15 is 0 Å². The average Bonchev–Trinajstić information content (AvgIpc) is 2.66. The molecule has 0 fully saturated rings. The summed E-state index contributed by atoms with van der Waals surface area (Å²) in [4.78, 5) is 28.5. The molecule has 27 heavy (non-hydrogen) atoms. The molecule has 132 valence electrons. The lowest BCUT2D eigenvalue weighted by Gasteiger charge is -2.09. The van der Waals surface area contributed by atoms with E-state index in [-0.39, 0.29) is 17.4 Å². The molecular formula is C19H11ClN4O3. The van der Waals surface area contributed by atoms with Gasteiger partial charge in [0.1, 0.15) is 10.9 Å². The van der Waals surface area contributed by atoms with Crippen molar-refractivity contribution in [3.05, 3.63) is 79.2 Å². The third-order valence-electron chi connectivity index (χ3n) is 4.27. The number of halogens is 1. The van der Waals surface area contributed by atoms with Gasteiger partial charge in [0.05, 0.1) is 23.7 Å². The van der Waals surface area contributed by atoms with E-state index < -0.39 is 16.9 Å². The van der Waals surface area contributed by atoms with Crippen molar-refractivity contribution in [3.63, 3.8) is 0 Å². The highest BCUT2D eigenvalue weighted by Crippen LogP contribution is 2.21. The Labute approximate surface area is 156 Å². The van der Waals surface area contributed by atoms with Gasteiger partial charge < -0.3 is 10.1 Å². The summed E-state index contributed by atoms with van der Waals surface area (Å²) >= 11 is 5.94. The molecule has 0 saturated heterocycles. The van der Waals surface area contributed by atoms with Crippen molar-refractivity contribution in [2.45, 2.75) is 6.54 Å². The number of fused-ring (bicyclic) bond motifs is 2. The molecule has 4 rings (SSSR count). The van der Waals surface area contributed by atoms with Gasteiger partial charge in [-0.15, -0.1) is 5.10 Å². The molecule has 0 unspecified atom stereocenters. The number of nitrogens with zero attached hydrogens (tertiary/aromatic N) is 3. The Hall–Kier alpha value is -3.63. The summed E-state index contributed by atoms with van der Waals surface area (Å²) < 4.78 is 1.02. The summed E-state index contributed by atoms with van der Waals surface area (Å²) in [7, 11) is 0. The van der Waals surface area contributed by atoms with Crippen LogP contribution in [0.15, 0.2) is 52.1 Å². The number of aromatic hydroxyl groups is 1. The summed E-state index contributed by atoms with van der Waals surface area (Å²) in [6.45, 7) is 0.0478. The van der Waals surface area contributed by atoms with E-state index in [4.69, 9.17) is 16.9 Å². The second-order valence-electron chi connectivity index (χ2n) is 5.99. The monoisotopic (exact) mass is 378 g/mol. The normalized spacial score (nSPS) is 11.0. The van der Waals surface area contributed by atoms with Crippen molar-refractivity contribution in [3.8, 4) is 11.9 Å². The minimum Gasteiger partial charge on any atom is -0.491 e. The molecule has 2 aromatic carbocycles. The van der Waals surface area contributed by atoms with Crippen LogP contribution in [0.25, 0.3) is 21.8 Å². The summed E-state index contributed by atoms with van der Waals surface area (Å²) in [6, 6.07) is 13.2. The van der Waals surface area contributed by atoms with E-state index in [0.29, 0.717) is 27.1 Å². The maximum atomic E-state index is 12.8. The van der Waals surface area contributed by atoms with Crippen LogP contribution in [-0.4, -0.2) is 19.9 Å². The zero-order chi connectivity index (χ0) is 19.1. The van der Waals surface area contributed by atoms with Crippen molar-refractivity contribution in [1.29, 1.82) is 5.26 Å². The smallest absolute Gasteiger partial charge is 0.280 e. The zero-order valence-electron chi connectivity index (χ0n) is 13.7. The van der Waals surface area contributed by atoms with Crippen LogP contribution in [0, 0.1) is 11.3 Å². The van der Waals surface area contributed by atoms with E-state index in [9.17, 15) is 14.7 Å². The third kappa shape index (κ3) is 2.82. The molecule has 2 N–H and O–H groups in total. The molecule has 0 spiro atoms. The Morgan fingerprint density at radius 2 is 1.93 bits per heavy atom. The van der Waals surface area contributed by atoms with Crippen LogP contribution in [0.3, 0.4) is 0 Å². The van der Waals surface area contributed by atoms with Crippen LogP contribution in [0.5, 0.6) is 5.88 Å². The number of nitriles is 1. The van der Waals surface area contributed by atoms with Crippen molar-refractivity contribution in [1.82, 2.24) is 14.8 Å². The Bertz CT molecular complexity index is 1370. The lowest BCUT2D eigenvalue weighted by molar-refractivity contribution is 0.431. The summed E-state index contributed by atoms with van der Waals surface area (Å²) in [5.41, 5.74) is 0.433. The van der Waals surface area contributed by atoms with Gasteiger partial charge in [-0.1, -0.05) is 23.7 Å². The Morgan fingerprint density at radius 1 is 1.19 bits per heavy atom. The first kappa shape index (κ1) is 16.8. The van der Waals surface area contributed by atoms with Crippen LogP contribution in [-0.2, 0) is 6.54 Å².